The van der Waals surface area contributed by atoms with Crippen LogP contribution in [0.15, 0.2) is 42.5 Å². The second kappa shape index (κ2) is 10.4. The number of fused-ring (bicyclic) bond motifs is 2. The van der Waals surface area contributed by atoms with Gasteiger partial charge in [-0.25, -0.2) is 8.78 Å². The van der Waals surface area contributed by atoms with E-state index >= 15 is 0 Å². The molecule has 3 aliphatic heterocycles. The highest BCUT2D eigenvalue weighted by molar-refractivity contribution is 5.91. The Morgan fingerprint density at radius 3 is 2.42 bits per heavy atom. The van der Waals surface area contributed by atoms with Crippen molar-refractivity contribution >= 4 is 17.7 Å². The molecule has 0 bridgehead atoms. The molecular formula is C29H32F2N4O3. The van der Waals surface area contributed by atoms with Crippen LogP contribution in [0.25, 0.3) is 6.08 Å². The van der Waals surface area contributed by atoms with Crippen LogP contribution in [-0.2, 0) is 10.2 Å². The summed E-state index contributed by atoms with van der Waals surface area (Å²) in [4.78, 5) is 16.3. The lowest BCUT2D eigenvalue weighted by atomic mass is 9.74. The van der Waals surface area contributed by atoms with Gasteiger partial charge in [0, 0.05) is 49.4 Å². The Morgan fingerprint density at radius 2 is 1.76 bits per heavy atom. The van der Waals surface area contributed by atoms with Crippen LogP contribution >= 0.6 is 0 Å². The van der Waals surface area contributed by atoms with Crippen LogP contribution in [0.4, 0.5) is 14.5 Å². The van der Waals surface area contributed by atoms with E-state index in [0.717, 1.165) is 56.4 Å². The number of likely N-dealkylation sites (tertiary alicyclic amines) is 2. The number of nitrogens with zero attached hydrogens (tertiary/aromatic N) is 3. The van der Waals surface area contributed by atoms with Crippen molar-refractivity contribution in [1.29, 1.82) is 5.26 Å². The molecule has 0 aliphatic carbocycles. The van der Waals surface area contributed by atoms with Crippen molar-refractivity contribution in [3.05, 3.63) is 70.8 Å². The summed E-state index contributed by atoms with van der Waals surface area (Å²) < 4.78 is 26.7. The minimum absolute atomic E-state index is 0.0260. The smallest absolute Gasteiger partial charge is 0.246 e. The summed E-state index contributed by atoms with van der Waals surface area (Å²) >= 11 is 0. The monoisotopic (exact) mass is 522 g/mol. The Balaban J connectivity index is 1.12. The van der Waals surface area contributed by atoms with E-state index in [1.165, 1.54) is 17.7 Å². The van der Waals surface area contributed by atoms with Gasteiger partial charge in [0.05, 0.1) is 23.3 Å². The highest BCUT2D eigenvalue weighted by Gasteiger charge is 2.44. The Kier molecular flexibility index (Phi) is 7.23. The zero-order valence-corrected chi connectivity index (χ0v) is 21.2. The van der Waals surface area contributed by atoms with Crippen molar-refractivity contribution < 1.29 is 23.8 Å². The number of benzene rings is 2. The molecule has 3 aliphatic rings. The molecule has 0 saturated carbocycles. The predicted octanol–water partition coefficient (Wildman–Crippen LogP) is 3.02. The molecule has 2 fully saturated rings. The number of piperidine rings is 2. The molecule has 200 valence electrons. The van der Waals surface area contributed by atoms with Gasteiger partial charge in [0.1, 0.15) is 11.6 Å². The molecule has 3 N–H and O–H groups in total. The third kappa shape index (κ3) is 5.30. The summed E-state index contributed by atoms with van der Waals surface area (Å²) in [6, 6.07) is 11.1. The first-order valence-corrected chi connectivity index (χ1v) is 13.0. The summed E-state index contributed by atoms with van der Waals surface area (Å²) in [5.41, 5.74) is 1.93. The van der Waals surface area contributed by atoms with Crippen LogP contribution in [0.1, 0.15) is 42.4 Å². The lowest BCUT2D eigenvalue weighted by Crippen LogP contribution is -2.56. The summed E-state index contributed by atoms with van der Waals surface area (Å²) in [6.45, 7) is 3.35. The first kappa shape index (κ1) is 26.3. The van der Waals surface area contributed by atoms with Crippen molar-refractivity contribution in [2.45, 2.75) is 42.8 Å². The van der Waals surface area contributed by atoms with E-state index in [1.807, 2.05) is 12.1 Å². The van der Waals surface area contributed by atoms with E-state index in [2.05, 4.69) is 22.4 Å². The zero-order chi connectivity index (χ0) is 26.9. The molecular weight excluding hydrogens is 490 g/mol. The maximum atomic E-state index is 13.4. The minimum atomic E-state index is -1.28. The standard InChI is InChI=1S/C29H32F2N4O3/c30-22-13-20(14-23(31)16-22)2-4-27(37)35-11-7-29(38,8-12-35)26(36)18-34-9-5-28(6-10-34)19-33-25-15-21(17-32)1-3-24(25)28/h1-4,13-16,26,33,36,38H,5-12,18-19H2/t26-/m1/s1. The number of halogens is 2. The van der Waals surface area contributed by atoms with Gasteiger partial charge in [-0.3, -0.25) is 4.79 Å². The number of nitrogens with one attached hydrogen (secondary N) is 1. The second-order valence-electron chi connectivity index (χ2n) is 10.8. The lowest BCUT2D eigenvalue weighted by Gasteiger charge is -2.44. The molecule has 38 heavy (non-hydrogen) atoms. The lowest BCUT2D eigenvalue weighted by molar-refractivity contribution is -0.140. The quantitative estimate of drug-likeness (QED) is 0.522. The molecule has 1 amide bonds. The van der Waals surface area contributed by atoms with E-state index in [9.17, 15) is 23.8 Å². The van der Waals surface area contributed by atoms with Crippen LogP contribution < -0.4 is 5.32 Å². The fraction of sp³-hybridized carbons (Fsp3) is 0.448. The van der Waals surface area contributed by atoms with Crippen molar-refractivity contribution in [1.82, 2.24) is 9.80 Å². The van der Waals surface area contributed by atoms with Crippen molar-refractivity contribution in [2.75, 3.05) is 44.6 Å². The van der Waals surface area contributed by atoms with Gasteiger partial charge in [0.2, 0.25) is 5.91 Å². The number of aliphatic hydroxyl groups is 2. The highest BCUT2D eigenvalue weighted by Crippen LogP contribution is 2.44. The molecule has 0 unspecified atom stereocenters. The number of carbonyl (C=O) groups excluding carboxylic acids is 1. The molecule has 0 aromatic heterocycles. The maximum Gasteiger partial charge on any atom is 0.246 e. The number of rotatable bonds is 5. The molecule has 2 aromatic carbocycles. The average Bonchev–Trinajstić information content (AvgIpc) is 3.25. The number of hydrogen-bond donors (Lipinski definition) is 3. The molecule has 0 radical (unpaired) electrons. The van der Waals surface area contributed by atoms with Gasteiger partial charge >= 0.3 is 0 Å². The number of β-amino-alcohol motifs (C(OH)–C–C–N with tert-alkyl or cyclic N) is 1. The van der Waals surface area contributed by atoms with E-state index in [1.54, 1.807) is 4.90 Å². The van der Waals surface area contributed by atoms with Gasteiger partial charge in [-0.1, -0.05) is 6.07 Å². The zero-order valence-electron chi connectivity index (χ0n) is 21.2. The van der Waals surface area contributed by atoms with Crippen LogP contribution in [0.5, 0.6) is 0 Å². The summed E-state index contributed by atoms with van der Waals surface area (Å²) in [5, 5.41) is 34.8. The highest BCUT2D eigenvalue weighted by atomic mass is 19.1. The Labute approximate surface area is 221 Å². The van der Waals surface area contributed by atoms with Crippen LogP contribution in [0.3, 0.4) is 0 Å². The number of carbonyl (C=O) groups is 1. The Morgan fingerprint density at radius 1 is 1.08 bits per heavy atom. The summed E-state index contributed by atoms with van der Waals surface area (Å²) in [5.74, 6) is -1.73. The van der Waals surface area contributed by atoms with Crippen LogP contribution in [0, 0.1) is 23.0 Å². The number of amides is 1. The van der Waals surface area contributed by atoms with E-state index in [-0.39, 0.29) is 42.8 Å². The first-order valence-electron chi connectivity index (χ1n) is 13.0. The van der Waals surface area contributed by atoms with Crippen molar-refractivity contribution in [2.24, 2.45) is 0 Å². The van der Waals surface area contributed by atoms with E-state index < -0.39 is 23.3 Å². The SMILES string of the molecule is N#Cc1ccc2c(c1)NCC21CCN(C[C@@H](O)C2(O)CCN(C(=O)C=Cc3cc(F)cc(F)c3)CC2)CC1. The largest absolute Gasteiger partial charge is 0.389 e. The van der Waals surface area contributed by atoms with Gasteiger partial charge in [-0.05, 0) is 80.2 Å². The van der Waals surface area contributed by atoms with Crippen LogP contribution in [0.2, 0.25) is 0 Å². The fourth-order valence-corrected chi connectivity index (χ4v) is 6.00. The molecule has 1 spiro atoms. The van der Waals surface area contributed by atoms with Crippen LogP contribution in [-0.4, -0.2) is 76.9 Å². The van der Waals surface area contributed by atoms with Crippen molar-refractivity contribution in [3.8, 4) is 6.07 Å². The van der Waals surface area contributed by atoms with Gasteiger partial charge in [-0.15, -0.1) is 0 Å². The number of anilines is 1. The topological polar surface area (TPSA) is 99.8 Å². The number of nitriles is 1. The van der Waals surface area contributed by atoms with E-state index in [0.29, 0.717) is 12.1 Å². The first-order chi connectivity index (χ1) is 18.2. The van der Waals surface area contributed by atoms with Gasteiger partial charge in [0.15, 0.2) is 0 Å². The Bertz CT molecular complexity index is 1250. The number of aliphatic hydroxyl groups excluding tert-OH is 1. The molecule has 2 aromatic rings. The number of hydrogen-bond acceptors (Lipinski definition) is 6. The molecule has 9 heteroatoms. The maximum absolute atomic E-state index is 13.4. The molecule has 3 heterocycles. The normalized spacial score (nSPS) is 21.2. The third-order valence-corrected chi connectivity index (χ3v) is 8.45. The second-order valence-corrected chi connectivity index (χ2v) is 10.8. The minimum Gasteiger partial charge on any atom is -0.389 e. The Hall–Kier alpha value is -3.32. The van der Waals surface area contributed by atoms with E-state index in [4.69, 9.17) is 5.26 Å². The fourth-order valence-electron chi connectivity index (χ4n) is 6.00. The summed E-state index contributed by atoms with van der Waals surface area (Å²) in [7, 11) is 0. The van der Waals surface area contributed by atoms with Gasteiger partial charge < -0.3 is 25.3 Å². The molecule has 5 rings (SSSR count). The summed E-state index contributed by atoms with van der Waals surface area (Å²) in [6.07, 6.45) is 4.05. The third-order valence-electron chi connectivity index (χ3n) is 8.45. The van der Waals surface area contributed by atoms with Gasteiger partial charge in [-0.2, -0.15) is 5.26 Å². The molecule has 7 nitrogen and oxygen atoms in total. The molecule has 1 atom stereocenters. The average molecular weight is 523 g/mol. The molecule has 2 saturated heterocycles. The van der Waals surface area contributed by atoms with Gasteiger partial charge in [0.25, 0.3) is 0 Å². The van der Waals surface area contributed by atoms with Crippen molar-refractivity contribution in [3.63, 3.8) is 0 Å². The predicted molar refractivity (Wildman–Crippen MR) is 139 cm³/mol.